The molecular formula is C15H29NO. The molecule has 0 aromatic heterocycles. The Morgan fingerprint density at radius 1 is 1.24 bits per heavy atom. The molecule has 0 radical (unpaired) electrons. The molecule has 2 aliphatic rings. The van der Waals surface area contributed by atoms with E-state index in [4.69, 9.17) is 0 Å². The summed E-state index contributed by atoms with van der Waals surface area (Å²) in [6.45, 7) is 9.35. The number of hydrogen-bond donors (Lipinski definition) is 1. The normalized spacial score (nSPS) is 33.0. The summed E-state index contributed by atoms with van der Waals surface area (Å²) in [5, 5.41) is 10.3. The van der Waals surface area contributed by atoms with Gasteiger partial charge in [0, 0.05) is 12.6 Å². The second kappa shape index (κ2) is 5.27. The predicted molar refractivity (Wildman–Crippen MR) is 72.0 cm³/mol. The number of nitrogens with zero attached hydrogens (tertiary/aromatic N) is 1. The quantitative estimate of drug-likeness (QED) is 0.797. The van der Waals surface area contributed by atoms with Crippen molar-refractivity contribution in [2.24, 2.45) is 11.3 Å². The molecule has 100 valence electrons. The van der Waals surface area contributed by atoms with Crippen LogP contribution in [0.1, 0.15) is 59.3 Å². The second-order valence-corrected chi connectivity index (χ2v) is 6.98. The van der Waals surface area contributed by atoms with Crippen LogP contribution in [0.15, 0.2) is 0 Å². The van der Waals surface area contributed by atoms with Crippen LogP contribution in [-0.2, 0) is 0 Å². The van der Waals surface area contributed by atoms with Gasteiger partial charge in [-0.05, 0) is 56.4 Å². The number of rotatable bonds is 5. The lowest BCUT2D eigenvalue weighted by Crippen LogP contribution is -2.50. The van der Waals surface area contributed by atoms with Crippen molar-refractivity contribution in [3.05, 3.63) is 0 Å². The summed E-state index contributed by atoms with van der Waals surface area (Å²) < 4.78 is 0. The molecule has 2 rings (SSSR count). The zero-order valence-corrected chi connectivity index (χ0v) is 11.8. The lowest BCUT2D eigenvalue weighted by Gasteiger charge is -2.44. The molecule has 17 heavy (non-hydrogen) atoms. The van der Waals surface area contributed by atoms with Crippen LogP contribution in [-0.4, -0.2) is 35.2 Å². The summed E-state index contributed by atoms with van der Waals surface area (Å²) in [6, 6.07) is 0.416. The largest absolute Gasteiger partial charge is 0.391 e. The molecule has 2 unspecified atom stereocenters. The first-order valence-corrected chi connectivity index (χ1v) is 7.44. The first kappa shape index (κ1) is 13.4. The van der Waals surface area contributed by atoms with E-state index < -0.39 is 0 Å². The van der Waals surface area contributed by atoms with Gasteiger partial charge in [0.1, 0.15) is 0 Å². The summed E-state index contributed by atoms with van der Waals surface area (Å²) in [4.78, 5) is 2.59. The number of aliphatic hydroxyl groups excluding tert-OH is 1. The molecule has 0 aromatic carbocycles. The highest BCUT2D eigenvalue weighted by molar-refractivity contribution is 4.92. The zero-order valence-electron chi connectivity index (χ0n) is 11.8. The number of hydrogen-bond acceptors (Lipinski definition) is 2. The van der Waals surface area contributed by atoms with Gasteiger partial charge in [0.15, 0.2) is 0 Å². The van der Waals surface area contributed by atoms with E-state index >= 15 is 0 Å². The molecule has 0 amide bonds. The van der Waals surface area contributed by atoms with Crippen molar-refractivity contribution < 1.29 is 5.11 Å². The van der Waals surface area contributed by atoms with Gasteiger partial charge in [-0.2, -0.15) is 0 Å². The van der Waals surface area contributed by atoms with E-state index in [0.717, 1.165) is 18.9 Å². The van der Waals surface area contributed by atoms with Crippen molar-refractivity contribution in [2.45, 2.75) is 71.4 Å². The van der Waals surface area contributed by atoms with Gasteiger partial charge in [-0.1, -0.05) is 20.8 Å². The fourth-order valence-electron chi connectivity index (χ4n) is 3.22. The van der Waals surface area contributed by atoms with Gasteiger partial charge < -0.3 is 5.11 Å². The molecule has 0 spiro atoms. The fourth-order valence-corrected chi connectivity index (χ4v) is 3.22. The Bertz CT molecular complexity index is 247. The van der Waals surface area contributed by atoms with Crippen LogP contribution in [0.5, 0.6) is 0 Å². The monoisotopic (exact) mass is 239 g/mol. The van der Waals surface area contributed by atoms with Crippen molar-refractivity contribution in [2.75, 3.05) is 13.1 Å². The highest BCUT2D eigenvalue weighted by Gasteiger charge is 2.38. The maximum atomic E-state index is 10.3. The molecule has 0 aliphatic heterocycles. The van der Waals surface area contributed by atoms with Gasteiger partial charge >= 0.3 is 0 Å². The van der Waals surface area contributed by atoms with Crippen LogP contribution < -0.4 is 0 Å². The minimum absolute atomic E-state index is 0.0895. The van der Waals surface area contributed by atoms with E-state index in [1.807, 2.05) is 0 Å². The summed E-state index contributed by atoms with van der Waals surface area (Å²) >= 11 is 0. The maximum absolute atomic E-state index is 10.3. The summed E-state index contributed by atoms with van der Waals surface area (Å²) in [5.74, 6) is 0.929. The molecule has 2 aliphatic carbocycles. The lowest BCUT2D eigenvalue weighted by atomic mass is 9.73. The third-order valence-electron chi connectivity index (χ3n) is 4.49. The molecule has 0 saturated heterocycles. The average Bonchev–Trinajstić information content (AvgIpc) is 3.05. The van der Waals surface area contributed by atoms with Gasteiger partial charge in [-0.25, -0.2) is 0 Å². The SMILES string of the molecule is CCCN(CC1CC1)C1CC(C)(C)CCC1O. The molecule has 0 bridgehead atoms. The van der Waals surface area contributed by atoms with E-state index in [0.29, 0.717) is 11.5 Å². The van der Waals surface area contributed by atoms with Gasteiger partial charge in [0.25, 0.3) is 0 Å². The third kappa shape index (κ3) is 3.69. The summed E-state index contributed by atoms with van der Waals surface area (Å²) in [7, 11) is 0. The van der Waals surface area contributed by atoms with Crippen molar-refractivity contribution >= 4 is 0 Å². The minimum Gasteiger partial charge on any atom is -0.391 e. The molecule has 2 nitrogen and oxygen atoms in total. The maximum Gasteiger partial charge on any atom is 0.0695 e. The Hall–Kier alpha value is -0.0800. The Kier molecular flexibility index (Phi) is 4.14. The van der Waals surface area contributed by atoms with Gasteiger partial charge in [-0.15, -0.1) is 0 Å². The topological polar surface area (TPSA) is 23.5 Å². The van der Waals surface area contributed by atoms with Crippen molar-refractivity contribution in [1.82, 2.24) is 4.90 Å². The predicted octanol–water partition coefficient (Wildman–Crippen LogP) is 3.05. The molecule has 2 fully saturated rings. The van der Waals surface area contributed by atoms with E-state index in [-0.39, 0.29) is 6.10 Å². The smallest absolute Gasteiger partial charge is 0.0695 e. The highest BCUT2D eigenvalue weighted by Crippen LogP contribution is 2.39. The molecular weight excluding hydrogens is 210 g/mol. The minimum atomic E-state index is -0.0895. The highest BCUT2D eigenvalue weighted by atomic mass is 16.3. The van der Waals surface area contributed by atoms with E-state index in [1.165, 1.54) is 38.6 Å². The van der Waals surface area contributed by atoms with Crippen molar-refractivity contribution in [3.63, 3.8) is 0 Å². The Balaban J connectivity index is 1.98. The summed E-state index contributed by atoms with van der Waals surface area (Å²) in [6.07, 6.45) is 7.26. The van der Waals surface area contributed by atoms with Crippen LogP contribution >= 0.6 is 0 Å². The number of aliphatic hydroxyl groups is 1. The van der Waals surface area contributed by atoms with Crippen molar-refractivity contribution in [1.29, 1.82) is 0 Å². The molecule has 2 atom stereocenters. The molecule has 2 heteroatoms. The van der Waals surface area contributed by atoms with E-state index in [9.17, 15) is 5.11 Å². The van der Waals surface area contributed by atoms with E-state index in [1.54, 1.807) is 0 Å². The van der Waals surface area contributed by atoms with Crippen LogP contribution in [0, 0.1) is 11.3 Å². The molecule has 2 saturated carbocycles. The van der Waals surface area contributed by atoms with Crippen LogP contribution in [0.2, 0.25) is 0 Å². The fraction of sp³-hybridized carbons (Fsp3) is 1.00. The molecule has 0 aromatic rings. The summed E-state index contributed by atoms with van der Waals surface area (Å²) in [5.41, 5.74) is 0.416. The standard InChI is InChI=1S/C15H29NO/c1-4-9-16(11-12-5-6-12)13-10-15(2,3)8-7-14(13)17/h12-14,17H,4-11H2,1-3H3. The van der Waals surface area contributed by atoms with E-state index in [2.05, 4.69) is 25.7 Å². The van der Waals surface area contributed by atoms with Crippen LogP contribution in [0.3, 0.4) is 0 Å². The first-order valence-electron chi connectivity index (χ1n) is 7.44. The molecule has 0 heterocycles. The lowest BCUT2D eigenvalue weighted by molar-refractivity contribution is -0.0189. The molecule has 1 N–H and O–H groups in total. The Morgan fingerprint density at radius 2 is 1.94 bits per heavy atom. The van der Waals surface area contributed by atoms with Gasteiger partial charge in [-0.3, -0.25) is 4.90 Å². The average molecular weight is 239 g/mol. The van der Waals surface area contributed by atoms with Gasteiger partial charge in [0.05, 0.1) is 6.10 Å². The zero-order chi connectivity index (χ0) is 12.5. The Morgan fingerprint density at radius 3 is 2.53 bits per heavy atom. The van der Waals surface area contributed by atoms with Crippen LogP contribution in [0.4, 0.5) is 0 Å². The third-order valence-corrected chi connectivity index (χ3v) is 4.49. The van der Waals surface area contributed by atoms with Gasteiger partial charge in [0.2, 0.25) is 0 Å². The Labute approximate surface area is 106 Å². The van der Waals surface area contributed by atoms with Crippen LogP contribution in [0.25, 0.3) is 0 Å². The van der Waals surface area contributed by atoms with Crippen molar-refractivity contribution in [3.8, 4) is 0 Å². The second-order valence-electron chi connectivity index (χ2n) is 6.98. The first-order chi connectivity index (χ1) is 8.02.